The molecule has 0 saturated carbocycles. The standard InChI is InChI=1S/C14H22N2OS/c1-5-9-16-12(11-8-7-10(3)18-11)15-14(4,6-2)13(16)17/h7-8,12,15H,5-6,9H2,1-4H3. The fourth-order valence-corrected chi connectivity index (χ4v) is 3.37. The van der Waals surface area contributed by atoms with Gasteiger partial charge in [0.05, 0.1) is 5.54 Å². The zero-order valence-corrected chi connectivity index (χ0v) is 12.4. The molecular weight excluding hydrogens is 244 g/mol. The fraction of sp³-hybridized carbons (Fsp3) is 0.643. The van der Waals surface area contributed by atoms with Gasteiger partial charge in [-0.1, -0.05) is 13.8 Å². The third-order valence-corrected chi connectivity index (χ3v) is 4.76. The van der Waals surface area contributed by atoms with Crippen molar-refractivity contribution in [3.63, 3.8) is 0 Å². The molecule has 0 aromatic carbocycles. The van der Waals surface area contributed by atoms with Crippen LogP contribution in [0.4, 0.5) is 0 Å². The minimum absolute atomic E-state index is 0.0566. The van der Waals surface area contributed by atoms with E-state index in [1.54, 1.807) is 11.3 Å². The molecule has 1 aliphatic rings. The number of thiophene rings is 1. The topological polar surface area (TPSA) is 32.3 Å². The summed E-state index contributed by atoms with van der Waals surface area (Å²) in [4.78, 5) is 17.0. The third-order valence-electron chi connectivity index (χ3n) is 3.70. The third kappa shape index (κ3) is 2.19. The van der Waals surface area contributed by atoms with E-state index in [2.05, 4.69) is 38.2 Å². The highest BCUT2D eigenvalue weighted by Gasteiger charge is 2.47. The number of aryl methyl sites for hydroxylation is 1. The van der Waals surface area contributed by atoms with Crippen LogP contribution in [0.5, 0.6) is 0 Å². The Labute approximate surface area is 113 Å². The summed E-state index contributed by atoms with van der Waals surface area (Å²) >= 11 is 1.77. The van der Waals surface area contributed by atoms with E-state index in [0.29, 0.717) is 0 Å². The van der Waals surface area contributed by atoms with Crippen LogP contribution >= 0.6 is 11.3 Å². The summed E-state index contributed by atoms with van der Waals surface area (Å²) < 4.78 is 0. The molecule has 0 aliphatic carbocycles. The first-order chi connectivity index (χ1) is 8.51. The summed E-state index contributed by atoms with van der Waals surface area (Å²) in [6, 6.07) is 4.26. The van der Waals surface area contributed by atoms with E-state index in [4.69, 9.17) is 0 Å². The van der Waals surface area contributed by atoms with Crippen LogP contribution in [0, 0.1) is 6.92 Å². The molecule has 2 unspecified atom stereocenters. The number of nitrogens with one attached hydrogen (secondary N) is 1. The molecule has 3 nitrogen and oxygen atoms in total. The quantitative estimate of drug-likeness (QED) is 0.908. The van der Waals surface area contributed by atoms with E-state index in [-0.39, 0.29) is 12.1 Å². The predicted molar refractivity (Wildman–Crippen MR) is 75.6 cm³/mol. The molecule has 18 heavy (non-hydrogen) atoms. The number of carbonyl (C=O) groups is 1. The van der Waals surface area contributed by atoms with Crippen LogP contribution in [0.25, 0.3) is 0 Å². The van der Waals surface area contributed by atoms with Crippen molar-refractivity contribution in [1.82, 2.24) is 10.2 Å². The second kappa shape index (κ2) is 5.02. The molecule has 1 saturated heterocycles. The summed E-state index contributed by atoms with van der Waals surface area (Å²) in [5.41, 5.74) is -0.405. The van der Waals surface area contributed by atoms with Crippen LogP contribution in [0.3, 0.4) is 0 Å². The van der Waals surface area contributed by atoms with Gasteiger partial charge in [-0.3, -0.25) is 10.1 Å². The maximum Gasteiger partial charge on any atom is 0.244 e. The lowest BCUT2D eigenvalue weighted by atomic mass is 9.99. The van der Waals surface area contributed by atoms with Crippen LogP contribution in [-0.4, -0.2) is 22.9 Å². The van der Waals surface area contributed by atoms with Gasteiger partial charge < -0.3 is 4.90 Å². The molecule has 100 valence electrons. The minimum atomic E-state index is -0.405. The first-order valence-corrected chi connectivity index (χ1v) is 7.48. The first-order valence-electron chi connectivity index (χ1n) is 6.67. The largest absolute Gasteiger partial charge is 0.320 e. The number of hydrogen-bond donors (Lipinski definition) is 1. The molecule has 1 fully saturated rings. The van der Waals surface area contributed by atoms with Gasteiger partial charge in [-0.25, -0.2) is 0 Å². The van der Waals surface area contributed by atoms with Crippen molar-refractivity contribution in [3.8, 4) is 0 Å². The SMILES string of the molecule is CCCN1C(=O)C(C)(CC)NC1c1ccc(C)s1. The number of carbonyl (C=O) groups excluding carboxylic acids is 1. The fourth-order valence-electron chi connectivity index (χ4n) is 2.43. The van der Waals surface area contributed by atoms with Crippen molar-refractivity contribution < 1.29 is 4.79 Å². The van der Waals surface area contributed by atoms with Crippen molar-refractivity contribution in [1.29, 1.82) is 0 Å². The first kappa shape index (κ1) is 13.6. The van der Waals surface area contributed by atoms with Crippen LogP contribution in [0.15, 0.2) is 12.1 Å². The second-order valence-corrected chi connectivity index (χ2v) is 6.50. The van der Waals surface area contributed by atoms with Gasteiger partial charge in [-0.05, 0) is 38.8 Å². The lowest BCUT2D eigenvalue weighted by molar-refractivity contribution is -0.133. The zero-order valence-electron chi connectivity index (χ0n) is 11.6. The predicted octanol–water partition coefficient (Wildman–Crippen LogP) is 3.07. The van der Waals surface area contributed by atoms with E-state index in [9.17, 15) is 4.79 Å². The molecule has 0 spiro atoms. The lowest BCUT2D eigenvalue weighted by Gasteiger charge is -2.22. The number of nitrogens with zero attached hydrogens (tertiary/aromatic N) is 1. The molecule has 2 rings (SSSR count). The van der Waals surface area contributed by atoms with E-state index < -0.39 is 5.54 Å². The van der Waals surface area contributed by atoms with Gasteiger partial charge in [-0.2, -0.15) is 0 Å². The van der Waals surface area contributed by atoms with Crippen LogP contribution in [0.1, 0.15) is 49.5 Å². The van der Waals surface area contributed by atoms with Crippen LogP contribution in [-0.2, 0) is 4.79 Å². The number of rotatable bonds is 4. The summed E-state index contributed by atoms with van der Waals surface area (Å²) in [6.45, 7) is 9.12. The number of amides is 1. The Kier molecular flexibility index (Phi) is 3.78. The summed E-state index contributed by atoms with van der Waals surface area (Å²) in [5, 5.41) is 3.52. The van der Waals surface area contributed by atoms with Crippen molar-refractivity contribution in [2.24, 2.45) is 0 Å². The molecule has 2 atom stereocenters. The Morgan fingerprint density at radius 3 is 2.67 bits per heavy atom. The lowest BCUT2D eigenvalue weighted by Crippen LogP contribution is -2.43. The van der Waals surface area contributed by atoms with Gasteiger partial charge in [0, 0.05) is 16.3 Å². The Bertz CT molecular complexity index is 443. The molecule has 0 bridgehead atoms. The Morgan fingerprint density at radius 1 is 1.44 bits per heavy atom. The molecule has 1 aromatic heterocycles. The van der Waals surface area contributed by atoms with Crippen molar-refractivity contribution >= 4 is 17.2 Å². The molecule has 0 radical (unpaired) electrons. The van der Waals surface area contributed by atoms with Crippen molar-refractivity contribution in [2.75, 3.05) is 6.54 Å². The number of hydrogen-bond acceptors (Lipinski definition) is 3. The Hall–Kier alpha value is -0.870. The summed E-state index contributed by atoms with van der Waals surface area (Å²) in [6.07, 6.45) is 1.88. The maximum absolute atomic E-state index is 12.5. The van der Waals surface area contributed by atoms with Gasteiger partial charge in [0.15, 0.2) is 0 Å². The van der Waals surface area contributed by atoms with E-state index in [1.165, 1.54) is 9.75 Å². The Balaban J connectivity index is 2.31. The average Bonchev–Trinajstić information content (AvgIpc) is 2.87. The minimum Gasteiger partial charge on any atom is -0.320 e. The van der Waals surface area contributed by atoms with E-state index in [0.717, 1.165) is 19.4 Å². The molecule has 4 heteroatoms. The molecule has 1 N–H and O–H groups in total. The Morgan fingerprint density at radius 2 is 2.17 bits per heavy atom. The van der Waals surface area contributed by atoms with Crippen LogP contribution in [0.2, 0.25) is 0 Å². The monoisotopic (exact) mass is 266 g/mol. The summed E-state index contributed by atoms with van der Waals surface area (Å²) in [7, 11) is 0. The van der Waals surface area contributed by atoms with Gasteiger partial charge in [-0.15, -0.1) is 11.3 Å². The molecule has 1 amide bonds. The highest BCUT2D eigenvalue weighted by molar-refractivity contribution is 7.12. The smallest absolute Gasteiger partial charge is 0.244 e. The molecular formula is C14H22N2OS. The van der Waals surface area contributed by atoms with Gasteiger partial charge in [0.2, 0.25) is 5.91 Å². The molecule has 2 heterocycles. The van der Waals surface area contributed by atoms with Crippen molar-refractivity contribution in [3.05, 3.63) is 21.9 Å². The van der Waals surface area contributed by atoms with E-state index >= 15 is 0 Å². The van der Waals surface area contributed by atoms with Gasteiger partial charge in [0.25, 0.3) is 0 Å². The second-order valence-electron chi connectivity index (χ2n) is 5.18. The zero-order chi connectivity index (χ0) is 13.3. The van der Waals surface area contributed by atoms with Crippen molar-refractivity contribution in [2.45, 2.75) is 52.2 Å². The van der Waals surface area contributed by atoms with Gasteiger partial charge >= 0.3 is 0 Å². The normalized spacial score (nSPS) is 28.1. The highest BCUT2D eigenvalue weighted by Crippen LogP contribution is 2.35. The maximum atomic E-state index is 12.5. The van der Waals surface area contributed by atoms with Crippen LogP contribution < -0.4 is 5.32 Å². The van der Waals surface area contributed by atoms with E-state index in [1.807, 2.05) is 11.8 Å². The molecule has 1 aromatic rings. The average molecular weight is 266 g/mol. The molecule has 1 aliphatic heterocycles. The van der Waals surface area contributed by atoms with Gasteiger partial charge in [0.1, 0.15) is 6.17 Å². The highest BCUT2D eigenvalue weighted by atomic mass is 32.1. The summed E-state index contributed by atoms with van der Waals surface area (Å²) in [5.74, 6) is 0.239.